The molecule has 1 unspecified atom stereocenters. The molecule has 3 rings (SSSR count). The molecule has 5 heteroatoms. The van der Waals surface area contributed by atoms with Crippen LogP contribution in [0.5, 0.6) is 11.5 Å². The van der Waals surface area contributed by atoms with Crippen molar-refractivity contribution in [3.05, 3.63) is 23.3 Å². The Morgan fingerprint density at radius 2 is 2.00 bits per heavy atom. The lowest BCUT2D eigenvalue weighted by molar-refractivity contribution is -0.126. The van der Waals surface area contributed by atoms with Crippen molar-refractivity contribution in [3.63, 3.8) is 0 Å². The van der Waals surface area contributed by atoms with Crippen LogP contribution < -0.4 is 14.8 Å². The maximum atomic E-state index is 11.6. The molecule has 0 aromatic heterocycles. The molecule has 0 spiro atoms. The standard InChI is InChI=1S/C14H18N2O3/c1-18-12-5-9-3-4-16-8-15-14(17)7-11(16)10(9)6-13(12)19-2/h5-6,11H,3-4,7-8H2,1-2H3,(H,15,17). The molecule has 1 amide bonds. The van der Waals surface area contributed by atoms with Gasteiger partial charge in [0.1, 0.15) is 0 Å². The third kappa shape index (κ3) is 2.04. The molecule has 2 aliphatic heterocycles. The first-order valence-electron chi connectivity index (χ1n) is 6.48. The molecule has 0 saturated carbocycles. The minimum Gasteiger partial charge on any atom is -0.493 e. The van der Waals surface area contributed by atoms with Crippen LogP contribution >= 0.6 is 0 Å². The van der Waals surface area contributed by atoms with Crippen LogP contribution in [0, 0.1) is 0 Å². The summed E-state index contributed by atoms with van der Waals surface area (Å²) in [6.45, 7) is 1.60. The SMILES string of the molecule is COc1cc2c(cc1OC)C1CC(=O)NCN1CC2. The number of fused-ring (bicyclic) bond motifs is 3. The number of nitrogens with one attached hydrogen (secondary N) is 1. The number of amides is 1. The van der Waals surface area contributed by atoms with Gasteiger partial charge in [0.05, 0.1) is 20.9 Å². The monoisotopic (exact) mass is 262 g/mol. The summed E-state index contributed by atoms with van der Waals surface area (Å²) >= 11 is 0. The van der Waals surface area contributed by atoms with Crippen molar-refractivity contribution in [3.8, 4) is 11.5 Å². The van der Waals surface area contributed by atoms with Crippen molar-refractivity contribution in [2.24, 2.45) is 0 Å². The first-order valence-corrected chi connectivity index (χ1v) is 6.48. The van der Waals surface area contributed by atoms with Gasteiger partial charge < -0.3 is 14.8 Å². The fourth-order valence-electron chi connectivity index (χ4n) is 2.95. The van der Waals surface area contributed by atoms with E-state index < -0.39 is 0 Å². The summed E-state index contributed by atoms with van der Waals surface area (Å²) in [5, 5.41) is 2.89. The molecule has 102 valence electrons. The van der Waals surface area contributed by atoms with E-state index in [0.717, 1.165) is 24.5 Å². The minimum atomic E-state index is 0.115. The van der Waals surface area contributed by atoms with Crippen LogP contribution in [0.4, 0.5) is 0 Å². The Bertz CT molecular complexity index is 516. The van der Waals surface area contributed by atoms with Gasteiger partial charge in [-0.3, -0.25) is 9.69 Å². The van der Waals surface area contributed by atoms with Gasteiger partial charge in [-0.1, -0.05) is 0 Å². The number of nitrogens with zero attached hydrogens (tertiary/aromatic N) is 1. The Kier molecular flexibility index (Phi) is 3.06. The van der Waals surface area contributed by atoms with E-state index in [-0.39, 0.29) is 11.9 Å². The van der Waals surface area contributed by atoms with Crippen LogP contribution in [0.15, 0.2) is 12.1 Å². The summed E-state index contributed by atoms with van der Waals surface area (Å²) in [5.41, 5.74) is 2.45. The molecule has 1 aromatic rings. The van der Waals surface area contributed by atoms with Gasteiger partial charge in [0, 0.05) is 19.0 Å². The zero-order valence-corrected chi connectivity index (χ0v) is 11.2. The second-order valence-electron chi connectivity index (χ2n) is 4.95. The fraction of sp³-hybridized carbons (Fsp3) is 0.500. The van der Waals surface area contributed by atoms with E-state index >= 15 is 0 Å². The predicted octanol–water partition coefficient (Wildman–Crippen LogP) is 1.08. The Morgan fingerprint density at radius 1 is 1.26 bits per heavy atom. The highest BCUT2D eigenvalue weighted by atomic mass is 16.5. The molecule has 0 bridgehead atoms. The fourth-order valence-corrected chi connectivity index (χ4v) is 2.95. The highest BCUT2D eigenvalue weighted by Crippen LogP contribution is 2.39. The first-order chi connectivity index (χ1) is 9.22. The van der Waals surface area contributed by atoms with E-state index in [0.29, 0.717) is 13.1 Å². The number of benzene rings is 1. The van der Waals surface area contributed by atoms with E-state index in [4.69, 9.17) is 9.47 Å². The van der Waals surface area contributed by atoms with E-state index in [2.05, 4.69) is 10.2 Å². The van der Waals surface area contributed by atoms with Gasteiger partial charge in [0.25, 0.3) is 0 Å². The maximum Gasteiger partial charge on any atom is 0.222 e. The molecule has 1 N–H and O–H groups in total. The molecular formula is C14H18N2O3. The van der Waals surface area contributed by atoms with Crippen molar-refractivity contribution < 1.29 is 14.3 Å². The largest absolute Gasteiger partial charge is 0.493 e. The lowest BCUT2D eigenvalue weighted by Gasteiger charge is -2.40. The minimum absolute atomic E-state index is 0.115. The lowest BCUT2D eigenvalue weighted by atomic mass is 9.89. The van der Waals surface area contributed by atoms with Gasteiger partial charge >= 0.3 is 0 Å². The number of ether oxygens (including phenoxy) is 2. The molecule has 0 radical (unpaired) electrons. The molecule has 5 nitrogen and oxygen atoms in total. The van der Waals surface area contributed by atoms with Crippen LogP contribution in [0.2, 0.25) is 0 Å². The molecule has 2 heterocycles. The van der Waals surface area contributed by atoms with Gasteiger partial charge in [0.2, 0.25) is 5.91 Å². The highest BCUT2D eigenvalue weighted by molar-refractivity contribution is 5.77. The normalized spacial score (nSPS) is 22.2. The van der Waals surface area contributed by atoms with E-state index in [9.17, 15) is 4.79 Å². The number of methoxy groups -OCH3 is 2. The van der Waals surface area contributed by atoms with Crippen LogP contribution in [0.3, 0.4) is 0 Å². The van der Waals surface area contributed by atoms with E-state index in [1.165, 1.54) is 11.1 Å². The first kappa shape index (κ1) is 12.3. The maximum absolute atomic E-state index is 11.6. The van der Waals surface area contributed by atoms with Crippen LogP contribution in [0.1, 0.15) is 23.6 Å². The Balaban J connectivity index is 2.03. The van der Waals surface area contributed by atoms with Crippen LogP contribution in [-0.2, 0) is 11.2 Å². The van der Waals surface area contributed by atoms with Crippen molar-refractivity contribution in [2.45, 2.75) is 18.9 Å². The third-order valence-corrected chi connectivity index (χ3v) is 3.97. The zero-order chi connectivity index (χ0) is 13.4. The van der Waals surface area contributed by atoms with Gasteiger partial charge in [-0.05, 0) is 29.7 Å². The van der Waals surface area contributed by atoms with Gasteiger partial charge in [-0.2, -0.15) is 0 Å². The molecule has 1 atom stereocenters. The Labute approximate surface area is 112 Å². The molecule has 0 aliphatic carbocycles. The summed E-state index contributed by atoms with van der Waals surface area (Å²) in [6.07, 6.45) is 1.49. The third-order valence-electron chi connectivity index (χ3n) is 3.97. The second-order valence-corrected chi connectivity index (χ2v) is 4.95. The van der Waals surface area contributed by atoms with Crippen molar-refractivity contribution in [1.29, 1.82) is 0 Å². The molecule has 2 aliphatic rings. The molecule has 1 fully saturated rings. The number of carbonyl (C=O) groups is 1. The summed E-state index contributed by atoms with van der Waals surface area (Å²) in [6, 6.07) is 4.22. The van der Waals surface area contributed by atoms with Crippen LogP contribution in [0.25, 0.3) is 0 Å². The van der Waals surface area contributed by atoms with Crippen molar-refractivity contribution in [2.75, 3.05) is 27.4 Å². The van der Waals surface area contributed by atoms with Gasteiger partial charge in [0.15, 0.2) is 11.5 Å². The Hall–Kier alpha value is -1.75. The molecule has 1 aromatic carbocycles. The summed E-state index contributed by atoms with van der Waals surface area (Å²) in [4.78, 5) is 13.9. The summed E-state index contributed by atoms with van der Waals surface area (Å²) < 4.78 is 10.7. The highest BCUT2D eigenvalue weighted by Gasteiger charge is 2.33. The average molecular weight is 262 g/mol. The van der Waals surface area contributed by atoms with Crippen molar-refractivity contribution in [1.82, 2.24) is 10.2 Å². The molecule has 19 heavy (non-hydrogen) atoms. The van der Waals surface area contributed by atoms with Crippen LogP contribution in [-0.4, -0.2) is 38.2 Å². The summed E-state index contributed by atoms with van der Waals surface area (Å²) in [5.74, 6) is 1.60. The smallest absolute Gasteiger partial charge is 0.222 e. The average Bonchev–Trinajstić information content (AvgIpc) is 2.45. The molecule has 1 saturated heterocycles. The quantitative estimate of drug-likeness (QED) is 0.866. The van der Waals surface area contributed by atoms with Crippen molar-refractivity contribution >= 4 is 5.91 Å². The van der Waals surface area contributed by atoms with E-state index in [1.54, 1.807) is 14.2 Å². The number of rotatable bonds is 2. The Morgan fingerprint density at radius 3 is 2.74 bits per heavy atom. The van der Waals surface area contributed by atoms with Gasteiger partial charge in [-0.25, -0.2) is 0 Å². The topological polar surface area (TPSA) is 50.8 Å². The zero-order valence-electron chi connectivity index (χ0n) is 11.2. The number of hydrogen-bond donors (Lipinski definition) is 1. The number of hydrogen-bond acceptors (Lipinski definition) is 4. The second kappa shape index (κ2) is 4.74. The predicted molar refractivity (Wildman–Crippen MR) is 70.3 cm³/mol. The summed E-state index contributed by atoms with van der Waals surface area (Å²) in [7, 11) is 3.28. The van der Waals surface area contributed by atoms with E-state index in [1.807, 2.05) is 12.1 Å². The number of carbonyl (C=O) groups excluding carboxylic acids is 1. The van der Waals surface area contributed by atoms with Gasteiger partial charge in [-0.15, -0.1) is 0 Å². The lowest BCUT2D eigenvalue weighted by Crippen LogP contribution is -2.49. The molecular weight excluding hydrogens is 244 g/mol.